The Labute approximate surface area is 147 Å². The number of carbonyl (C=O) groups excluding carboxylic acids is 1. The van der Waals surface area contributed by atoms with Gasteiger partial charge in [-0.1, -0.05) is 38.5 Å². The Bertz CT molecular complexity index is 698. The van der Waals surface area contributed by atoms with Gasteiger partial charge in [0.1, 0.15) is 0 Å². The van der Waals surface area contributed by atoms with Crippen LogP contribution in [0.1, 0.15) is 51.4 Å². The second-order valence-electron chi connectivity index (χ2n) is 6.73. The van der Waals surface area contributed by atoms with Crippen LogP contribution in [0.3, 0.4) is 0 Å². The largest absolute Gasteiger partial charge is 0.353 e. The van der Waals surface area contributed by atoms with Gasteiger partial charge in [0.2, 0.25) is 11.1 Å². The average Bonchev–Trinajstić information content (AvgIpc) is 2.88. The fourth-order valence-corrected chi connectivity index (χ4v) is 3.19. The summed E-state index contributed by atoms with van der Waals surface area (Å²) in [5.74, 6) is 1.64. The molecule has 1 N–H and O–H groups in total. The number of hydrogen-bond acceptors (Lipinski definition) is 5. The molecule has 0 aliphatic rings. The van der Waals surface area contributed by atoms with Gasteiger partial charge in [-0.05, 0) is 39.2 Å². The molecule has 0 saturated heterocycles. The third-order valence-electron chi connectivity index (χ3n) is 3.76. The molecular weight excluding hydrogens is 322 g/mol. The van der Waals surface area contributed by atoms with E-state index in [0.29, 0.717) is 22.6 Å². The SMILES string of the molecule is Cc1cc(C)n2nc(SCC(=O)N[C@H](C)CCCC(C)C)nc2n1. The maximum atomic E-state index is 12.1. The molecule has 2 heterocycles. The average molecular weight is 350 g/mol. The van der Waals surface area contributed by atoms with Crippen LogP contribution < -0.4 is 5.32 Å². The monoisotopic (exact) mass is 349 g/mol. The van der Waals surface area contributed by atoms with Crippen molar-refractivity contribution in [3.8, 4) is 0 Å². The zero-order valence-corrected chi connectivity index (χ0v) is 16.0. The third kappa shape index (κ3) is 5.47. The standard InChI is InChI=1S/C17H27N5OS/c1-11(2)7-6-8-12(3)18-15(23)10-24-17-20-16-19-13(4)9-14(5)22(16)21-17/h9,11-12H,6-8,10H2,1-5H3,(H,18,23)/t12-/m1/s1. The highest BCUT2D eigenvalue weighted by Crippen LogP contribution is 2.15. The summed E-state index contributed by atoms with van der Waals surface area (Å²) in [4.78, 5) is 20.8. The lowest BCUT2D eigenvalue weighted by atomic mass is 10.0. The lowest BCUT2D eigenvalue weighted by molar-refractivity contribution is -0.119. The second kappa shape index (κ2) is 8.46. The molecule has 0 aliphatic heterocycles. The molecule has 1 amide bonds. The van der Waals surface area contributed by atoms with Crippen molar-refractivity contribution in [1.29, 1.82) is 0 Å². The van der Waals surface area contributed by atoms with E-state index in [2.05, 4.69) is 41.2 Å². The van der Waals surface area contributed by atoms with Crippen molar-refractivity contribution in [2.45, 2.75) is 65.1 Å². The second-order valence-corrected chi connectivity index (χ2v) is 7.67. The Morgan fingerprint density at radius 1 is 1.25 bits per heavy atom. The number of nitrogens with one attached hydrogen (secondary N) is 1. The number of carbonyl (C=O) groups is 1. The molecule has 1 atom stereocenters. The minimum absolute atomic E-state index is 0.0248. The van der Waals surface area contributed by atoms with Gasteiger partial charge in [0.05, 0.1) is 5.75 Å². The van der Waals surface area contributed by atoms with Crippen molar-refractivity contribution in [1.82, 2.24) is 24.9 Å². The van der Waals surface area contributed by atoms with Crippen LogP contribution in [0.15, 0.2) is 11.2 Å². The number of aryl methyl sites for hydroxylation is 2. The van der Waals surface area contributed by atoms with Crippen LogP contribution >= 0.6 is 11.8 Å². The normalized spacial score (nSPS) is 12.8. The highest BCUT2D eigenvalue weighted by Gasteiger charge is 2.12. The third-order valence-corrected chi connectivity index (χ3v) is 4.59. The quantitative estimate of drug-likeness (QED) is 0.741. The van der Waals surface area contributed by atoms with Crippen molar-refractivity contribution >= 4 is 23.4 Å². The molecule has 132 valence electrons. The number of thioether (sulfide) groups is 1. The van der Waals surface area contributed by atoms with E-state index >= 15 is 0 Å². The molecule has 7 heteroatoms. The number of nitrogens with zero attached hydrogens (tertiary/aromatic N) is 4. The first kappa shape index (κ1) is 18.7. The van der Waals surface area contributed by atoms with Gasteiger partial charge in [0, 0.05) is 17.4 Å². The fraction of sp³-hybridized carbons (Fsp3) is 0.647. The van der Waals surface area contributed by atoms with Gasteiger partial charge in [0.15, 0.2) is 0 Å². The summed E-state index contributed by atoms with van der Waals surface area (Å²) in [5.41, 5.74) is 1.90. The summed E-state index contributed by atoms with van der Waals surface area (Å²) < 4.78 is 1.71. The molecular formula is C17H27N5OS. The summed E-state index contributed by atoms with van der Waals surface area (Å²) in [5, 5.41) is 8.02. The Hall–Kier alpha value is -1.63. The van der Waals surface area contributed by atoms with E-state index in [0.717, 1.165) is 24.2 Å². The molecule has 0 aliphatic carbocycles. The summed E-state index contributed by atoms with van der Waals surface area (Å²) in [6, 6.07) is 2.17. The lowest BCUT2D eigenvalue weighted by Crippen LogP contribution is -2.33. The topological polar surface area (TPSA) is 72.2 Å². The molecule has 2 rings (SSSR count). The van der Waals surface area contributed by atoms with Crippen molar-refractivity contribution in [3.05, 3.63) is 17.5 Å². The maximum absolute atomic E-state index is 12.1. The first-order valence-corrected chi connectivity index (χ1v) is 9.47. The minimum atomic E-state index is 0.0248. The first-order valence-electron chi connectivity index (χ1n) is 8.48. The smallest absolute Gasteiger partial charge is 0.253 e. The predicted molar refractivity (Wildman–Crippen MR) is 97.3 cm³/mol. The van der Waals surface area contributed by atoms with Gasteiger partial charge < -0.3 is 5.32 Å². The molecule has 0 bridgehead atoms. The van der Waals surface area contributed by atoms with Crippen LogP contribution in [0.5, 0.6) is 0 Å². The highest BCUT2D eigenvalue weighted by molar-refractivity contribution is 7.99. The first-order chi connectivity index (χ1) is 11.3. The number of hydrogen-bond donors (Lipinski definition) is 1. The summed E-state index contributed by atoms with van der Waals surface area (Å²) in [7, 11) is 0. The van der Waals surface area contributed by atoms with Crippen molar-refractivity contribution in [2.24, 2.45) is 5.92 Å². The fourth-order valence-electron chi connectivity index (χ4n) is 2.56. The Balaban J connectivity index is 1.82. The summed E-state index contributed by atoms with van der Waals surface area (Å²) in [6.07, 6.45) is 3.36. The Kier molecular flexibility index (Phi) is 6.60. The van der Waals surface area contributed by atoms with Crippen molar-refractivity contribution in [2.75, 3.05) is 5.75 Å². The van der Waals surface area contributed by atoms with Gasteiger partial charge >= 0.3 is 0 Å². The number of fused-ring (bicyclic) bond motifs is 1. The maximum Gasteiger partial charge on any atom is 0.253 e. The molecule has 24 heavy (non-hydrogen) atoms. The minimum Gasteiger partial charge on any atom is -0.353 e. The highest BCUT2D eigenvalue weighted by atomic mass is 32.2. The Morgan fingerprint density at radius 3 is 2.71 bits per heavy atom. The van der Waals surface area contributed by atoms with E-state index in [9.17, 15) is 4.79 Å². The number of aromatic nitrogens is 4. The van der Waals surface area contributed by atoms with Crippen LogP contribution in [0.4, 0.5) is 0 Å². The van der Waals surface area contributed by atoms with E-state index in [1.807, 2.05) is 19.9 Å². The predicted octanol–water partition coefficient (Wildman–Crippen LogP) is 3.16. The Morgan fingerprint density at radius 2 is 2.00 bits per heavy atom. The molecule has 0 spiro atoms. The molecule has 0 saturated carbocycles. The van der Waals surface area contributed by atoms with E-state index < -0.39 is 0 Å². The molecule has 0 radical (unpaired) electrons. The molecule has 6 nitrogen and oxygen atoms in total. The van der Waals surface area contributed by atoms with Gasteiger partial charge in [0.25, 0.3) is 5.78 Å². The van der Waals surface area contributed by atoms with Gasteiger partial charge in [-0.3, -0.25) is 4.79 Å². The molecule has 0 unspecified atom stereocenters. The zero-order chi connectivity index (χ0) is 17.7. The van der Waals surface area contributed by atoms with Gasteiger partial charge in [-0.25, -0.2) is 9.50 Å². The molecule has 0 aromatic carbocycles. The van der Waals surface area contributed by atoms with Crippen molar-refractivity contribution in [3.63, 3.8) is 0 Å². The zero-order valence-electron chi connectivity index (χ0n) is 15.2. The van der Waals surface area contributed by atoms with Gasteiger partial charge in [-0.15, -0.1) is 5.10 Å². The summed E-state index contributed by atoms with van der Waals surface area (Å²) >= 11 is 1.34. The van der Waals surface area contributed by atoms with Crippen molar-refractivity contribution < 1.29 is 4.79 Å². The van der Waals surface area contributed by atoms with Crippen LogP contribution in [-0.2, 0) is 4.79 Å². The number of amides is 1. The summed E-state index contributed by atoms with van der Waals surface area (Å²) in [6.45, 7) is 10.4. The molecule has 0 fully saturated rings. The van der Waals surface area contributed by atoms with Crippen LogP contribution in [-0.4, -0.2) is 37.3 Å². The van der Waals surface area contributed by atoms with E-state index in [1.165, 1.54) is 18.2 Å². The number of rotatable bonds is 8. The van der Waals surface area contributed by atoms with Gasteiger partial charge in [-0.2, -0.15) is 4.98 Å². The van der Waals surface area contributed by atoms with Crippen LogP contribution in [0.25, 0.3) is 5.78 Å². The molecule has 2 aromatic rings. The molecule has 2 aromatic heterocycles. The van der Waals surface area contributed by atoms with Crippen LogP contribution in [0, 0.1) is 19.8 Å². The lowest BCUT2D eigenvalue weighted by Gasteiger charge is -2.14. The van der Waals surface area contributed by atoms with E-state index in [-0.39, 0.29) is 11.9 Å². The van der Waals surface area contributed by atoms with E-state index in [4.69, 9.17) is 0 Å². The van der Waals surface area contributed by atoms with E-state index in [1.54, 1.807) is 4.52 Å². The van der Waals surface area contributed by atoms with Crippen LogP contribution in [0.2, 0.25) is 0 Å².